The lowest BCUT2D eigenvalue weighted by Crippen LogP contribution is -2.55. The lowest BCUT2D eigenvalue weighted by molar-refractivity contribution is 0.00172. The summed E-state index contributed by atoms with van der Waals surface area (Å²) in [6.07, 6.45) is 2.64. The van der Waals surface area contributed by atoms with Crippen molar-refractivity contribution in [3.8, 4) is 0 Å². The van der Waals surface area contributed by atoms with Gasteiger partial charge in [0, 0.05) is 58.4 Å². The van der Waals surface area contributed by atoms with Gasteiger partial charge in [0.15, 0.2) is 0 Å². The van der Waals surface area contributed by atoms with E-state index in [9.17, 15) is 9.90 Å². The number of piperidine rings is 1. The fraction of sp³-hybridized carbons (Fsp3) is 0.682. The van der Waals surface area contributed by atoms with E-state index in [0.29, 0.717) is 19.1 Å². The number of aliphatic hydroxyl groups excluding tert-OH is 1. The zero-order valence-corrected chi connectivity index (χ0v) is 17.3. The second-order valence-corrected chi connectivity index (χ2v) is 8.48. The molecule has 2 fully saturated rings. The van der Waals surface area contributed by atoms with Crippen LogP contribution in [0.2, 0.25) is 0 Å². The van der Waals surface area contributed by atoms with Gasteiger partial charge in [-0.15, -0.1) is 0 Å². The normalized spacial score (nSPS) is 24.7. The van der Waals surface area contributed by atoms with Gasteiger partial charge in [-0.1, -0.05) is 24.3 Å². The number of nitrogens with one attached hydrogen (secondary N) is 1. The van der Waals surface area contributed by atoms with E-state index in [2.05, 4.69) is 39.4 Å². The fourth-order valence-electron chi connectivity index (χ4n) is 4.77. The molecule has 1 aromatic carbocycles. The highest BCUT2D eigenvalue weighted by molar-refractivity contribution is 5.74. The second-order valence-electron chi connectivity index (χ2n) is 8.48. The smallest absolute Gasteiger partial charge is 0.317 e. The Morgan fingerprint density at radius 2 is 1.97 bits per heavy atom. The molecule has 1 aromatic rings. The number of morpholine rings is 1. The fourth-order valence-corrected chi connectivity index (χ4v) is 4.77. The van der Waals surface area contributed by atoms with Gasteiger partial charge in [-0.2, -0.15) is 0 Å². The largest absolute Gasteiger partial charge is 0.390 e. The molecule has 0 radical (unpaired) electrons. The topological polar surface area (TPSA) is 68.3 Å². The molecule has 0 aliphatic carbocycles. The van der Waals surface area contributed by atoms with Gasteiger partial charge in [-0.3, -0.25) is 9.80 Å². The van der Waals surface area contributed by atoms with E-state index in [-0.39, 0.29) is 6.03 Å². The zero-order chi connectivity index (χ0) is 20.1. The second kappa shape index (κ2) is 9.89. The van der Waals surface area contributed by atoms with Crippen molar-refractivity contribution in [1.29, 1.82) is 0 Å². The molecule has 7 heteroatoms. The van der Waals surface area contributed by atoms with Gasteiger partial charge >= 0.3 is 6.03 Å². The maximum atomic E-state index is 12.6. The molecular formula is C22H34N4O3. The number of amides is 2. The number of ether oxygens (including phenoxy) is 1. The van der Waals surface area contributed by atoms with Crippen molar-refractivity contribution in [3.05, 3.63) is 35.4 Å². The average Bonchev–Trinajstić information content (AvgIpc) is 2.78. The SMILES string of the molecule is O=C(NC[C@H](O)CN1CCc2ccccc2C1)N1CCCC(N2CCOCC2)C1. The predicted octanol–water partition coefficient (Wildman–Crippen LogP) is 0.912. The first-order valence-electron chi connectivity index (χ1n) is 11.0. The highest BCUT2D eigenvalue weighted by atomic mass is 16.5. The number of hydrogen-bond donors (Lipinski definition) is 2. The average molecular weight is 403 g/mol. The number of nitrogens with zero attached hydrogens (tertiary/aromatic N) is 3. The molecule has 4 rings (SSSR count). The zero-order valence-electron chi connectivity index (χ0n) is 17.3. The van der Waals surface area contributed by atoms with E-state index in [0.717, 1.165) is 71.7 Å². The van der Waals surface area contributed by atoms with Crippen molar-refractivity contribution in [2.75, 3.05) is 59.0 Å². The molecular weight excluding hydrogens is 368 g/mol. The number of fused-ring (bicyclic) bond motifs is 1. The van der Waals surface area contributed by atoms with Crippen LogP contribution < -0.4 is 5.32 Å². The van der Waals surface area contributed by atoms with Gasteiger partial charge in [0.25, 0.3) is 0 Å². The molecule has 160 valence electrons. The van der Waals surface area contributed by atoms with E-state index in [1.54, 1.807) is 0 Å². The standard InChI is InChI=1S/C22H34N4O3/c27-21(17-24-9-7-18-4-1-2-5-19(18)15-24)14-23-22(28)26-8-3-6-20(16-26)25-10-12-29-13-11-25/h1-2,4-5,20-21,27H,3,6-17H2,(H,23,28)/t20?,21-/m0/s1. The third-order valence-electron chi connectivity index (χ3n) is 6.41. The summed E-state index contributed by atoms with van der Waals surface area (Å²) >= 11 is 0. The van der Waals surface area contributed by atoms with E-state index in [1.807, 2.05) is 4.90 Å². The number of carbonyl (C=O) groups excluding carboxylic acids is 1. The third-order valence-corrected chi connectivity index (χ3v) is 6.41. The Labute approximate surface area is 173 Å². The van der Waals surface area contributed by atoms with Crippen LogP contribution in [0.3, 0.4) is 0 Å². The molecule has 0 aromatic heterocycles. The molecule has 2 atom stereocenters. The van der Waals surface area contributed by atoms with Crippen molar-refractivity contribution < 1.29 is 14.6 Å². The Morgan fingerprint density at radius 3 is 2.79 bits per heavy atom. The number of urea groups is 1. The summed E-state index contributed by atoms with van der Waals surface area (Å²) in [5.74, 6) is 0. The van der Waals surface area contributed by atoms with Crippen molar-refractivity contribution in [2.24, 2.45) is 0 Å². The number of β-amino-alcohol motifs (C(OH)–C–C–N with tert-alkyl or cyclic N) is 1. The monoisotopic (exact) mass is 402 g/mol. The first kappa shape index (κ1) is 20.6. The van der Waals surface area contributed by atoms with Gasteiger partial charge in [0.1, 0.15) is 0 Å². The van der Waals surface area contributed by atoms with Crippen LogP contribution in [-0.2, 0) is 17.7 Å². The van der Waals surface area contributed by atoms with Crippen LogP contribution in [0.4, 0.5) is 4.79 Å². The molecule has 29 heavy (non-hydrogen) atoms. The molecule has 3 heterocycles. The van der Waals surface area contributed by atoms with Crippen LogP contribution in [0.5, 0.6) is 0 Å². The highest BCUT2D eigenvalue weighted by Gasteiger charge is 2.29. The quantitative estimate of drug-likeness (QED) is 0.766. The summed E-state index contributed by atoms with van der Waals surface area (Å²) in [6, 6.07) is 8.89. The van der Waals surface area contributed by atoms with Crippen molar-refractivity contribution in [3.63, 3.8) is 0 Å². The van der Waals surface area contributed by atoms with E-state index in [1.165, 1.54) is 11.1 Å². The van der Waals surface area contributed by atoms with Crippen LogP contribution in [0, 0.1) is 0 Å². The Bertz CT molecular complexity index is 680. The summed E-state index contributed by atoms with van der Waals surface area (Å²) in [7, 11) is 0. The number of aliphatic hydroxyl groups is 1. The van der Waals surface area contributed by atoms with Gasteiger partial charge in [0.2, 0.25) is 0 Å². The maximum absolute atomic E-state index is 12.6. The Hall–Kier alpha value is -1.67. The van der Waals surface area contributed by atoms with Crippen molar-refractivity contribution in [2.45, 2.75) is 38.0 Å². The molecule has 3 aliphatic rings. The lowest BCUT2D eigenvalue weighted by atomic mass is 10.00. The molecule has 7 nitrogen and oxygen atoms in total. The van der Waals surface area contributed by atoms with Crippen molar-refractivity contribution >= 4 is 6.03 Å². The predicted molar refractivity (Wildman–Crippen MR) is 112 cm³/mol. The lowest BCUT2D eigenvalue weighted by Gasteiger charge is -2.40. The van der Waals surface area contributed by atoms with Crippen LogP contribution in [0.25, 0.3) is 0 Å². The molecule has 0 spiro atoms. The minimum atomic E-state index is -0.552. The van der Waals surface area contributed by atoms with Gasteiger partial charge in [-0.25, -0.2) is 4.79 Å². The van der Waals surface area contributed by atoms with Crippen LogP contribution in [0.1, 0.15) is 24.0 Å². The molecule has 1 unspecified atom stereocenters. The molecule has 0 saturated carbocycles. The third kappa shape index (κ3) is 5.48. The minimum Gasteiger partial charge on any atom is -0.390 e. The number of likely N-dealkylation sites (tertiary alicyclic amines) is 1. The summed E-state index contributed by atoms with van der Waals surface area (Å²) in [6.45, 7) is 7.77. The van der Waals surface area contributed by atoms with Crippen LogP contribution in [-0.4, -0.2) is 97.0 Å². The molecule has 3 aliphatic heterocycles. The van der Waals surface area contributed by atoms with Gasteiger partial charge < -0.3 is 20.1 Å². The first-order chi connectivity index (χ1) is 14.2. The molecule has 2 amide bonds. The van der Waals surface area contributed by atoms with Crippen LogP contribution >= 0.6 is 0 Å². The maximum Gasteiger partial charge on any atom is 0.317 e. The Balaban J connectivity index is 1.20. The summed E-state index contributed by atoms with van der Waals surface area (Å²) in [5, 5.41) is 13.4. The molecule has 2 saturated heterocycles. The number of rotatable bonds is 5. The van der Waals surface area contributed by atoms with Crippen molar-refractivity contribution in [1.82, 2.24) is 20.0 Å². The number of hydrogen-bond acceptors (Lipinski definition) is 5. The summed E-state index contributed by atoms with van der Waals surface area (Å²) in [5.41, 5.74) is 2.75. The van der Waals surface area contributed by atoms with Gasteiger partial charge in [-0.05, 0) is 30.4 Å². The number of carbonyl (C=O) groups is 1. The van der Waals surface area contributed by atoms with Gasteiger partial charge in [0.05, 0.1) is 19.3 Å². The highest BCUT2D eigenvalue weighted by Crippen LogP contribution is 2.19. The summed E-state index contributed by atoms with van der Waals surface area (Å²) < 4.78 is 5.45. The Kier molecular flexibility index (Phi) is 7.02. The van der Waals surface area contributed by atoms with E-state index >= 15 is 0 Å². The first-order valence-corrected chi connectivity index (χ1v) is 11.0. The number of benzene rings is 1. The molecule has 0 bridgehead atoms. The van der Waals surface area contributed by atoms with E-state index < -0.39 is 6.10 Å². The minimum absolute atomic E-state index is 0.0500. The Morgan fingerprint density at radius 1 is 1.17 bits per heavy atom. The van der Waals surface area contributed by atoms with E-state index in [4.69, 9.17) is 4.74 Å². The summed E-state index contributed by atoms with van der Waals surface area (Å²) in [4.78, 5) is 19.3. The van der Waals surface area contributed by atoms with Crippen LogP contribution in [0.15, 0.2) is 24.3 Å². The molecule has 2 N–H and O–H groups in total.